The van der Waals surface area contributed by atoms with Crippen molar-refractivity contribution in [2.45, 2.75) is 13.0 Å². The van der Waals surface area contributed by atoms with Crippen molar-refractivity contribution in [3.8, 4) is 5.75 Å². The van der Waals surface area contributed by atoms with Gasteiger partial charge in [-0.25, -0.2) is 0 Å². The first-order chi connectivity index (χ1) is 14.0. The van der Waals surface area contributed by atoms with E-state index in [0.29, 0.717) is 12.3 Å². The quantitative estimate of drug-likeness (QED) is 0.742. The largest absolute Gasteiger partial charge is 0.484 e. The van der Waals surface area contributed by atoms with E-state index in [4.69, 9.17) is 9.47 Å². The van der Waals surface area contributed by atoms with Crippen LogP contribution >= 0.6 is 0 Å². The maximum absolute atomic E-state index is 12.4. The molecule has 6 nitrogen and oxygen atoms in total. The maximum atomic E-state index is 12.4. The van der Waals surface area contributed by atoms with E-state index in [1.807, 2.05) is 45.3 Å². The summed E-state index contributed by atoms with van der Waals surface area (Å²) in [6, 6.07) is 16.3. The number of amides is 1. The van der Waals surface area contributed by atoms with Gasteiger partial charge in [-0.1, -0.05) is 24.3 Å². The third-order valence-corrected chi connectivity index (χ3v) is 5.13. The molecule has 0 radical (unpaired) electrons. The molecule has 3 rings (SSSR count). The third-order valence-electron chi connectivity index (χ3n) is 5.13. The standard InChI is InChI=1S/C23H31N3O3/c1-18-5-4-6-21(15-18)29-17-23(27)24-16-22(26-11-13-28-14-12-26)19-7-9-20(10-8-19)25(2)3/h4-10,15,22H,11-14,16-17H2,1-3H3,(H,24,27)/t22-/m1/s1. The number of rotatable bonds is 8. The number of ether oxygens (including phenoxy) is 2. The Morgan fingerprint density at radius 2 is 1.90 bits per heavy atom. The minimum Gasteiger partial charge on any atom is -0.484 e. The lowest BCUT2D eigenvalue weighted by atomic mass is 10.0. The van der Waals surface area contributed by atoms with Gasteiger partial charge in [-0.05, 0) is 42.3 Å². The van der Waals surface area contributed by atoms with E-state index in [2.05, 4.69) is 39.4 Å². The smallest absolute Gasteiger partial charge is 0.258 e. The van der Waals surface area contributed by atoms with Crippen molar-refractivity contribution >= 4 is 11.6 Å². The molecule has 1 fully saturated rings. The Morgan fingerprint density at radius 1 is 1.17 bits per heavy atom. The highest BCUT2D eigenvalue weighted by Crippen LogP contribution is 2.24. The van der Waals surface area contributed by atoms with Crippen LogP contribution in [0.25, 0.3) is 0 Å². The molecule has 1 heterocycles. The molecule has 1 aliphatic heterocycles. The predicted molar refractivity (Wildman–Crippen MR) is 116 cm³/mol. The molecule has 6 heteroatoms. The number of hydrogen-bond acceptors (Lipinski definition) is 5. The van der Waals surface area contributed by atoms with E-state index < -0.39 is 0 Å². The molecule has 1 amide bonds. The first kappa shape index (κ1) is 21.1. The Kier molecular flexibility index (Phi) is 7.49. The summed E-state index contributed by atoms with van der Waals surface area (Å²) in [7, 11) is 4.06. The topological polar surface area (TPSA) is 54.0 Å². The van der Waals surface area contributed by atoms with E-state index in [1.54, 1.807) is 0 Å². The van der Waals surface area contributed by atoms with Gasteiger partial charge in [0.2, 0.25) is 0 Å². The fourth-order valence-corrected chi connectivity index (χ4v) is 3.46. The van der Waals surface area contributed by atoms with Gasteiger partial charge in [0.1, 0.15) is 5.75 Å². The first-order valence-electron chi connectivity index (χ1n) is 10.1. The minimum absolute atomic E-state index is 0.0127. The Balaban J connectivity index is 1.61. The van der Waals surface area contributed by atoms with Crippen molar-refractivity contribution in [1.29, 1.82) is 0 Å². The van der Waals surface area contributed by atoms with E-state index >= 15 is 0 Å². The summed E-state index contributed by atoms with van der Waals surface area (Å²) in [4.78, 5) is 16.8. The van der Waals surface area contributed by atoms with E-state index in [1.165, 1.54) is 5.56 Å². The molecule has 0 bridgehead atoms. The summed E-state index contributed by atoms with van der Waals surface area (Å²) < 4.78 is 11.1. The number of carbonyl (C=O) groups is 1. The van der Waals surface area contributed by atoms with Crippen LogP contribution in [-0.2, 0) is 9.53 Å². The SMILES string of the molecule is Cc1cccc(OCC(=O)NC[C@H](c2ccc(N(C)C)cc2)N2CCOCC2)c1. The number of hydrogen-bond donors (Lipinski definition) is 1. The van der Waals surface area contributed by atoms with Gasteiger partial charge in [0.05, 0.1) is 19.3 Å². The van der Waals surface area contributed by atoms with Crippen LogP contribution < -0.4 is 15.0 Å². The van der Waals surface area contributed by atoms with Crippen LogP contribution in [0.4, 0.5) is 5.69 Å². The van der Waals surface area contributed by atoms with Gasteiger partial charge in [-0.2, -0.15) is 0 Å². The fraction of sp³-hybridized carbons (Fsp3) is 0.435. The Bertz CT molecular complexity index is 786. The van der Waals surface area contributed by atoms with Crippen molar-refractivity contribution in [2.24, 2.45) is 0 Å². The zero-order chi connectivity index (χ0) is 20.6. The third kappa shape index (κ3) is 6.21. The van der Waals surface area contributed by atoms with Crippen molar-refractivity contribution < 1.29 is 14.3 Å². The molecule has 1 saturated heterocycles. The molecule has 0 saturated carbocycles. The van der Waals surface area contributed by atoms with E-state index in [0.717, 1.165) is 37.6 Å². The number of morpholine rings is 1. The van der Waals surface area contributed by atoms with Crippen LogP contribution in [0.1, 0.15) is 17.2 Å². The molecule has 1 N–H and O–H groups in total. The first-order valence-corrected chi connectivity index (χ1v) is 10.1. The molecule has 1 aliphatic rings. The highest BCUT2D eigenvalue weighted by Gasteiger charge is 2.23. The highest BCUT2D eigenvalue weighted by atomic mass is 16.5. The van der Waals surface area contributed by atoms with Crippen molar-refractivity contribution in [1.82, 2.24) is 10.2 Å². The molecule has 0 spiro atoms. The summed E-state index contributed by atoms with van der Waals surface area (Å²) in [6.45, 7) is 5.70. The predicted octanol–water partition coefficient (Wildman–Crippen LogP) is 2.63. The lowest BCUT2D eigenvalue weighted by molar-refractivity contribution is -0.123. The average Bonchev–Trinajstić information content (AvgIpc) is 2.73. The second-order valence-corrected chi connectivity index (χ2v) is 7.56. The van der Waals surface area contributed by atoms with E-state index in [-0.39, 0.29) is 18.6 Å². The van der Waals surface area contributed by atoms with Crippen LogP contribution in [0.15, 0.2) is 48.5 Å². The molecule has 156 valence electrons. The number of carbonyl (C=O) groups excluding carboxylic acids is 1. The number of nitrogens with zero attached hydrogens (tertiary/aromatic N) is 2. The summed E-state index contributed by atoms with van der Waals surface area (Å²) in [5, 5.41) is 3.04. The molecular formula is C23H31N3O3. The Morgan fingerprint density at radius 3 is 2.55 bits per heavy atom. The van der Waals surface area contributed by atoms with Gasteiger partial charge in [0, 0.05) is 39.4 Å². The normalized spacial score (nSPS) is 15.6. The molecule has 0 unspecified atom stereocenters. The molecule has 2 aromatic rings. The van der Waals surface area contributed by atoms with Crippen molar-refractivity contribution in [3.05, 3.63) is 59.7 Å². The molecule has 0 aliphatic carbocycles. The molecule has 29 heavy (non-hydrogen) atoms. The zero-order valence-electron chi connectivity index (χ0n) is 17.6. The molecular weight excluding hydrogens is 366 g/mol. The number of nitrogens with one attached hydrogen (secondary N) is 1. The van der Waals surface area contributed by atoms with Crippen LogP contribution in [0.3, 0.4) is 0 Å². The van der Waals surface area contributed by atoms with Gasteiger partial charge in [-0.15, -0.1) is 0 Å². The van der Waals surface area contributed by atoms with Gasteiger partial charge in [-0.3, -0.25) is 9.69 Å². The van der Waals surface area contributed by atoms with Crippen LogP contribution in [0.5, 0.6) is 5.75 Å². The number of benzene rings is 2. The summed E-state index contributed by atoms with van der Waals surface area (Å²) in [5.41, 5.74) is 3.46. The Hall–Kier alpha value is -2.57. The molecule has 0 aromatic heterocycles. The van der Waals surface area contributed by atoms with Gasteiger partial charge >= 0.3 is 0 Å². The minimum atomic E-state index is -0.116. The van der Waals surface area contributed by atoms with E-state index in [9.17, 15) is 4.79 Å². The lowest BCUT2D eigenvalue weighted by Gasteiger charge is -2.35. The van der Waals surface area contributed by atoms with Gasteiger partial charge < -0.3 is 19.7 Å². The van der Waals surface area contributed by atoms with Crippen LogP contribution in [0, 0.1) is 6.92 Å². The monoisotopic (exact) mass is 397 g/mol. The van der Waals surface area contributed by atoms with Gasteiger partial charge in [0.15, 0.2) is 6.61 Å². The lowest BCUT2D eigenvalue weighted by Crippen LogP contribution is -2.44. The fourth-order valence-electron chi connectivity index (χ4n) is 3.46. The summed E-state index contributed by atoms with van der Waals surface area (Å²) in [5.74, 6) is 0.596. The second kappa shape index (κ2) is 10.3. The van der Waals surface area contributed by atoms with Crippen molar-refractivity contribution in [3.63, 3.8) is 0 Å². The number of anilines is 1. The van der Waals surface area contributed by atoms with Crippen LogP contribution in [0.2, 0.25) is 0 Å². The van der Waals surface area contributed by atoms with Crippen LogP contribution in [-0.4, -0.2) is 64.4 Å². The zero-order valence-corrected chi connectivity index (χ0v) is 17.6. The van der Waals surface area contributed by atoms with Crippen molar-refractivity contribution in [2.75, 3.05) is 58.5 Å². The highest BCUT2D eigenvalue weighted by molar-refractivity contribution is 5.77. The average molecular weight is 398 g/mol. The molecule has 1 atom stereocenters. The number of aryl methyl sites for hydroxylation is 1. The second-order valence-electron chi connectivity index (χ2n) is 7.56. The summed E-state index contributed by atoms with van der Waals surface area (Å²) >= 11 is 0. The summed E-state index contributed by atoms with van der Waals surface area (Å²) in [6.07, 6.45) is 0. The van der Waals surface area contributed by atoms with Gasteiger partial charge in [0.25, 0.3) is 5.91 Å². The molecule has 2 aromatic carbocycles. The maximum Gasteiger partial charge on any atom is 0.258 e. The Labute approximate surface area is 173 Å².